The maximum absolute atomic E-state index is 11.9. The minimum Gasteiger partial charge on any atom is -0.406 e. The van der Waals surface area contributed by atoms with Gasteiger partial charge in [0.25, 0.3) is 0 Å². The van der Waals surface area contributed by atoms with Crippen LogP contribution in [0.5, 0.6) is 5.75 Å². The molecule has 2 N–H and O–H groups in total. The molecule has 0 radical (unpaired) electrons. The summed E-state index contributed by atoms with van der Waals surface area (Å²) in [5.41, 5.74) is 0.819. The number of benzene rings is 1. The van der Waals surface area contributed by atoms with Crippen LogP contribution in [0.4, 0.5) is 13.2 Å². The fraction of sp³-hybridized carbons (Fsp3) is 0.455. The fourth-order valence-corrected chi connectivity index (χ4v) is 1.17. The Hall–Kier alpha value is -1.27. The number of hydrogen-bond acceptors (Lipinski definition) is 3. The van der Waals surface area contributed by atoms with Crippen molar-refractivity contribution >= 4 is 0 Å². The van der Waals surface area contributed by atoms with Gasteiger partial charge in [-0.05, 0) is 24.6 Å². The third-order valence-electron chi connectivity index (χ3n) is 2.09. The van der Waals surface area contributed by atoms with Gasteiger partial charge in [0, 0.05) is 12.6 Å². The highest BCUT2D eigenvalue weighted by Crippen LogP contribution is 2.22. The van der Waals surface area contributed by atoms with Gasteiger partial charge in [-0.15, -0.1) is 13.2 Å². The average Bonchev–Trinajstić information content (AvgIpc) is 2.25. The van der Waals surface area contributed by atoms with Crippen LogP contribution in [0, 0.1) is 0 Å². The van der Waals surface area contributed by atoms with Crippen LogP contribution in [0.2, 0.25) is 0 Å². The van der Waals surface area contributed by atoms with Gasteiger partial charge < -0.3 is 15.2 Å². The van der Waals surface area contributed by atoms with E-state index < -0.39 is 6.36 Å². The van der Waals surface area contributed by atoms with Crippen molar-refractivity contribution in [2.45, 2.75) is 25.9 Å². The molecule has 0 unspecified atom stereocenters. The van der Waals surface area contributed by atoms with Crippen LogP contribution in [0.15, 0.2) is 24.3 Å². The molecule has 0 aliphatic heterocycles. The van der Waals surface area contributed by atoms with Gasteiger partial charge in [-0.3, -0.25) is 0 Å². The first kappa shape index (κ1) is 13.8. The first-order valence-electron chi connectivity index (χ1n) is 5.09. The molecule has 6 heteroatoms. The van der Waals surface area contributed by atoms with Gasteiger partial charge in [0.05, 0.1) is 6.61 Å². The number of aliphatic hydroxyl groups excluding tert-OH is 1. The maximum atomic E-state index is 11.9. The van der Waals surface area contributed by atoms with Crippen molar-refractivity contribution in [3.05, 3.63) is 29.8 Å². The number of hydrogen-bond donors (Lipinski definition) is 2. The van der Waals surface area contributed by atoms with Gasteiger partial charge in [0.2, 0.25) is 0 Å². The molecular weight excluding hydrogens is 235 g/mol. The molecule has 1 aromatic carbocycles. The second-order valence-corrected chi connectivity index (χ2v) is 3.66. The van der Waals surface area contributed by atoms with Crippen molar-refractivity contribution in [1.82, 2.24) is 5.32 Å². The summed E-state index contributed by atoms with van der Waals surface area (Å²) in [7, 11) is 0. The second-order valence-electron chi connectivity index (χ2n) is 3.66. The summed E-state index contributed by atoms with van der Waals surface area (Å²) in [4.78, 5) is 0. The lowest BCUT2D eigenvalue weighted by Crippen LogP contribution is -2.28. The quantitative estimate of drug-likeness (QED) is 0.839. The van der Waals surface area contributed by atoms with Gasteiger partial charge in [0.1, 0.15) is 5.75 Å². The molecule has 3 nitrogen and oxygen atoms in total. The van der Waals surface area contributed by atoms with Gasteiger partial charge in [-0.25, -0.2) is 0 Å². The molecule has 0 aliphatic carbocycles. The van der Waals surface area contributed by atoms with E-state index >= 15 is 0 Å². The number of rotatable bonds is 5. The summed E-state index contributed by atoms with van der Waals surface area (Å²) in [6.07, 6.45) is -4.66. The zero-order valence-electron chi connectivity index (χ0n) is 9.29. The van der Waals surface area contributed by atoms with Crippen molar-refractivity contribution in [3.8, 4) is 5.75 Å². The lowest BCUT2D eigenvalue weighted by atomic mass is 10.2. The third-order valence-corrected chi connectivity index (χ3v) is 2.09. The fourth-order valence-electron chi connectivity index (χ4n) is 1.17. The number of ether oxygens (including phenoxy) is 1. The lowest BCUT2D eigenvalue weighted by molar-refractivity contribution is -0.274. The Morgan fingerprint density at radius 2 is 1.88 bits per heavy atom. The number of aliphatic hydroxyl groups is 1. The van der Waals surface area contributed by atoms with E-state index in [1.54, 1.807) is 6.92 Å². The highest BCUT2D eigenvalue weighted by Gasteiger charge is 2.30. The molecule has 0 aliphatic rings. The highest BCUT2D eigenvalue weighted by atomic mass is 19.4. The Balaban J connectivity index is 2.50. The largest absolute Gasteiger partial charge is 0.573 e. The molecule has 17 heavy (non-hydrogen) atoms. The predicted octanol–water partition coefficient (Wildman–Crippen LogP) is 2.06. The Bertz CT molecular complexity index is 338. The van der Waals surface area contributed by atoms with E-state index in [-0.39, 0.29) is 18.4 Å². The van der Waals surface area contributed by atoms with E-state index in [0.717, 1.165) is 5.56 Å². The van der Waals surface area contributed by atoms with Crippen LogP contribution in [0.3, 0.4) is 0 Å². The van der Waals surface area contributed by atoms with Crippen LogP contribution < -0.4 is 10.1 Å². The normalized spacial score (nSPS) is 13.5. The molecule has 0 bridgehead atoms. The number of halogens is 3. The molecule has 0 fully saturated rings. The van der Waals surface area contributed by atoms with E-state index in [0.29, 0.717) is 6.54 Å². The Kier molecular flexibility index (Phi) is 4.77. The molecule has 96 valence electrons. The Morgan fingerprint density at radius 1 is 1.29 bits per heavy atom. The van der Waals surface area contributed by atoms with E-state index in [2.05, 4.69) is 10.1 Å². The van der Waals surface area contributed by atoms with Gasteiger partial charge in [-0.2, -0.15) is 0 Å². The monoisotopic (exact) mass is 249 g/mol. The zero-order chi connectivity index (χ0) is 12.9. The second kappa shape index (κ2) is 5.88. The smallest absolute Gasteiger partial charge is 0.406 e. The van der Waals surface area contributed by atoms with Crippen molar-refractivity contribution in [1.29, 1.82) is 0 Å². The molecule has 1 aromatic rings. The minimum atomic E-state index is -4.66. The van der Waals surface area contributed by atoms with Gasteiger partial charge >= 0.3 is 6.36 Å². The third kappa shape index (κ3) is 5.55. The lowest BCUT2D eigenvalue weighted by Gasteiger charge is -2.12. The predicted molar refractivity (Wildman–Crippen MR) is 56.5 cm³/mol. The summed E-state index contributed by atoms with van der Waals surface area (Å²) in [6, 6.07) is 5.54. The molecule has 1 atom stereocenters. The summed E-state index contributed by atoms with van der Waals surface area (Å²) in [5, 5.41) is 11.8. The SMILES string of the molecule is C[C@H](CO)NCc1ccc(OC(F)(F)F)cc1. The van der Waals surface area contributed by atoms with Crippen molar-refractivity contribution < 1.29 is 23.0 Å². The molecule has 0 amide bonds. The van der Waals surface area contributed by atoms with Gasteiger partial charge in [0.15, 0.2) is 0 Å². The van der Waals surface area contributed by atoms with E-state index in [4.69, 9.17) is 5.11 Å². The molecule has 0 spiro atoms. The minimum absolute atomic E-state index is 0.00919. The topological polar surface area (TPSA) is 41.5 Å². The average molecular weight is 249 g/mol. The van der Waals surface area contributed by atoms with Gasteiger partial charge in [-0.1, -0.05) is 12.1 Å². The molecule has 1 rings (SSSR count). The molecule has 0 saturated carbocycles. The Labute approximate surface area is 97.2 Å². The molecular formula is C11H14F3NO2. The van der Waals surface area contributed by atoms with E-state index in [9.17, 15) is 13.2 Å². The summed E-state index contributed by atoms with van der Waals surface area (Å²) in [5.74, 6) is -0.239. The summed E-state index contributed by atoms with van der Waals surface area (Å²) in [6.45, 7) is 2.30. The number of alkyl halides is 3. The zero-order valence-corrected chi connectivity index (χ0v) is 9.29. The van der Waals surface area contributed by atoms with E-state index in [1.807, 2.05) is 0 Å². The van der Waals surface area contributed by atoms with Crippen LogP contribution in [-0.4, -0.2) is 24.1 Å². The number of nitrogens with one attached hydrogen (secondary N) is 1. The van der Waals surface area contributed by atoms with Crippen LogP contribution >= 0.6 is 0 Å². The molecule has 0 saturated heterocycles. The summed E-state index contributed by atoms with van der Waals surface area (Å²) < 4.78 is 39.4. The van der Waals surface area contributed by atoms with Crippen LogP contribution in [0.1, 0.15) is 12.5 Å². The van der Waals surface area contributed by atoms with Crippen LogP contribution in [0.25, 0.3) is 0 Å². The van der Waals surface area contributed by atoms with E-state index in [1.165, 1.54) is 24.3 Å². The Morgan fingerprint density at radius 3 is 2.35 bits per heavy atom. The van der Waals surface area contributed by atoms with Crippen LogP contribution in [-0.2, 0) is 6.54 Å². The van der Waals surface area contributed by atoms with Crippen molar-refractivity contribution in [2.75, 3.05) is 6.61 Å². The molecule has 0 aromatic heterocycles. The van der Waals surface area contributed by atoms with Crippen molar-refractivity contribution in [3.63, 3.8) is 0 Å². The highest BCUT2D eigenvalue weighted by molar-refractivity contribution is 5.27. The first-order chi connectivity index (χ1) is 7.90. The standard InChI is InChI=1S/C11H14F3NO2/c1-8(7-16)15-6-9-2-4-10(5-3-9)17-11(12,13)14/h2-5,8,15-16H,6-7H2,1H3/t8-/m1/s1. The molecule has 0 heterocycles. The van der Waals surface area contributed by atoms with Crippen molar-refractivity contribution in [2.24, 2.45) is 0 Å². The first-order valence-corrected chi connectivity index (χ1v) is 5.09. The maximum Gasteiger partial charge on any atom is 0.573 e. The summed E-state index contributed by atoms with van der Waals surface area (Å²) >= 11 is 0.